The number of carbonyl (C=O) groups is 2. The zero-order valence-corrected chi connectivity index (χ0v) is 21.7. The van der Waals surface area contributed by atoms with Gasteiger partial charge >= 0.3 is 5.97 Å². The number of rotatable bonds is 17. The normalized spacial score (nSPS) is 17.1. The van der Waals surface area contributed by atoms with Crippen LogP contribution in [0.2, 0.25) is 0 Å². The number of ketones is 1. The fraction of sp³-hybridized carbons (Fsp3) is 0.600. The van der Waals surface area contributed by atoms with Crippen molar-refractivity contribution in [3.05, 3.63) is 53.6 Å². The Kier molecular flexibility index (Phi) is 15.0. The van der Waals surface area contributed by atoms with Gasteiger partial charge < -0.3 is 14.2 Å². The third kappa shape index (κ3) is 12.3. The third-order valence-electron chi connectivity index (χ3n) is 6.29. The van der Waals surface area contributed by atoms with Crippen molar-refractivity contribution >= 4 is 17.8 Å². The molecule has 0 amide bonds. The molecule has 1 aromatic carbocycles. The van der Waals surface area contributed by atoms with Crippen LogP contribution >= 0.6 is 0 Å². The third-order valence-corrected chi connectivity index (χ3v) is 6.29. The van der Waals surface area contributed by atoms with Crippen molar-refractivity contribution in [2.45, 2.75) is 103 Å². The summed E-state index contributed by atoms with van der Waals surface area (Å²) in [6, 6.07) is 7.58. The molecule has 2 unspecified atom stereocenters. The predicted molar refractivity (Wildman–Crippen MR) is 141 cm³/mol. The Hall–Kier alpha value is -2.24. The quantitative estimate of drug-likeness (QED) is 0.0995. The summed E-state index contributed by atoms with van der Waals surface area (Å²) in [5.41, 5.74) is 1.56. The van der Waals surface area contributed by atoms with Crippen molar-refractivity contribution in [1.29, 1.82) is 0 Å². The highest BCUT2D eigenvalue weighted by molar-refractivity contribution is 5.99. The number of hydrogen-bond donors (Lipinski definition) is 0. The van der Waals surface area contributed by atoms with E-state index in [0.29, 0.717) is 18.4 Å². The summed E-state index contributed by atoms with van der Waals surface area (Å²) in [4.78, 5) is 24.0. The molecule has 0 spiro atoms. The molecule has 1 saturated heterocycles. The Morgan fingerprint density at radius 1 is 1.03 bits per heavy atom. The Labute approximate surface area is 211 Å². The second kappa shape index (κ2) is 18.1. The van der Waals surface area contributed by atoms with E-state index in [-0.39, 0.29) is 30.6 Å². The molecule has 5 heteroatoms. The summed E-state index contributed by atoms with van der Waals surface area (Å²) in [5, 5.41) is 0. The SMILES string of the molecule is CCCCCCCCC(/C=C/C=C/c1ccccc1C(=O)CCCC(=O)OC)OC1CCCCO1. The summed E-state index contributed by atoms with van der Waals surface area (Å²) in [5.74, 6) is -0.246. The van der Waals surface area contributed by atoms with E-state index < -0.39 is 0 Å². The van der Waals surface area contributed by atoms with Crippen molar-refractivity contribution in [3.63, 3.8) is 0 Å². The molecule has 194 valence electrons. The van der Waals surface area contributed by atoms with E-state index in [0.717, 1.165) is 44.3 Å². The van der Waals surface area contributed by atoms with Crippen LogP contribution in [0.4, 0.5) is 0 Å². The minimum absolute atomic E-state index is 0.0316. The van der Waals surface area contributed by atoms with Gasteiger partial charge in [-0.15, -0.1) is 0 Å². The van der Waals surface area contributed by atoms with Crippen molar-refractivity contribution < 1.29 is 23.8 Å². The van der Waals surface area contributed by atoms with Crippen LogP contribution in [0.5, 0.6) is 0 Å². The summed E-state index contributed by atoms with van der Waals surface area (Å²) in [7, 11) is 1.36. The topological polar surface area (TPSA) is 61.8 Å². The maximum Gasteiger partial charge on any atom is 0.305 e. The number of benzene rings is 1. The highest BCUT2D eigenvalue weighted by atomic mass is 16.7. The number of allylic oxidation sites excluding steroid dienone is 2. The van der Waals surface area contributed by atoms with Crippen molar-refractivity contribution in [2.24, 2.45) is 0 Å². The van der Waals surface area contributed by atoms with Gasteiger partial charge in [-0.25, -0.2) is 0 Å². The predicted octanol–water partition coefficient (Wildman–Crippen LogP) is 7.44. The van der Waals surface area contributed by atoms with Gasteiger partial charge in [0.05, 0.1) is 13.2 Å². The molecule has 1 fully saturated rings. The molecule has 0 radical (unpaired) electrons. The summed E-state index contributed by atoms with van der Waals surface area (Å²) < 4.78 is 16.7. The summed E-state index contributed by atoms with van der Waals surface area (Å²) in [6.45, 7) is 3.02. The average Bonchev–Trinajstić information content (AvgIpc) is 2.89. The molecule has 0 bridgehead atoms. The lowest BCUT2D eigenvalue weighted by Crippen LogP contribution is -2.27. The van der Waals surface area contributed by atoms with Gasteiger partial charge in [0.25, 0.3) is 0 Å². The zero-order chi connectivity index (χ0) is 25.1. The molecule has 0 aromatic heterocycles. The first kappa shape index (κ1) is 29.0. The standard InChI is InChI=1S/C30H44O5/c1-3-4-5-6-7-8-18-26(35-30-23-13-14-24-34-30)19-11-9-16-25-17-10-12-20-27(25)28(31)21-15-22-29(32)33-2/h9-12,16-17,19-20,26,30H,3-8,13-15,18,21-24H2,1-2H3/b16-9+,19-11+. The van der Waals surface area contributed by atoms with E-state index in [1.54, 1.807) is 0 Å². The van der Waals surface area contributed by atoms with Gasteiger partial charge in [-0.3, -0.25) is 9.59 Å². The second-order valence-electron chi connectivity index (χ2n) is 9.21. The lowest BCUT2D eigenvalue weighted by molar-refractivity contribution is -0.179. The smallest absolute Gasteiger partial charge is 0.305 e. The molecule has 5 nitrogen and oxygen atoms in total. The van der Waals surface area contributed by atoms with Crippen LogP contribution in [-0.2, 0) is 19.0 Å². The van der Waals surface area contributed by atoms with Gasteiger partial charge in [0.15, 0.2) is 12.1 Å². The minimum Gasteiger partial charge on any atom is -0.469 e. The number of carbonyl (C=O) groups excluding carboxylic acids is 2. The molecular weight excluding hydrogens is 440 g/mol. The van der Waals surface area contributed by atoms with Crippen LogP contribution in [0.3, 0.4) is 0 Å². The Morgan fingerprint density at radius 3 is 2.60 bits per heavy atom. The van der Waals surface area contributed by atoms with Gasteiger partial charge in [0.1, 0.15) is 0 Å². The fourth-order valence-electron chi connectivity index (χ4n) is 4.22. The van der Waals surface area contributed by atoms with Crippen LogP contribution in [0.1, 0.15) is 106 Å². The highest BCUT2D eigenvalue weighted by Gasteiger charge is 2.18. The number of methoxy groups -OCH3 is 1. The zero-order valence-electron chi connectivity index (χ0n) is 21.7. The van der Waals surface area contributed by atoms with Crippen LogP contribution in [-0.4, -0.2) is 37.9 Å². The van der Waals surface area contributed by atoms with E-state index in [1.165, 1.54) is 39.2 Å². The van der Waals surface area contributed by atoms with E-state index >= 15 is 0 Å². The van der Waals surface area contributed by atoms with E-state index in [2.05, 4.69) is 17.7 Å². The van der Waals surface area contributed by atoms with Gasteiger partial charge in [-0.05, 0) is 37.7 Å². The number of Topliss-reactive ketones (excluding diaryl/α,β-unsaturated/α-hetero) is 1. The molecule has 2 rings (SSSR count). The molecule has 1 aliphatic heterocycles. The number of ether oxygens (including phenoxy) is 3. The Bertz CT molecular complexity index is 792. The molecule has 1 heterocycles. The molecule has 0 N–H and O–H groups in total. The summed E-state index contributed by atoms with van der Waals surface area (Å²) >= 11 is 0. The number of esters is 1. The Balaban J connectivity index is 1.92. The van der Waals surface area contributed by atoms with Crippen molar-refractivity contribution in [1.82, 2.24) is 0 Å². The highest BCUT2D eigenvalue weighted by Crippen LogP contribution is 2.20. The van der Waals surface area contributed by atoms with E-state index in [1.807, 2.05) is 42.5 Å². The molecule has 0 saturated carbocycles. The van der Waals surface area contributed by atoms with E-state index in [4.69, 9.17) is 9.47 Å². The Morgan fingerprint density at radius 2 is 1.83 bits per heavy atom. The minimum atomic E-state index is -0.285. The molecule has 0 aliphatic carbocycles. The maximum atomic E-state index is 12.7. The molecule has 1 aliphatic rings. The van der Waals surface area contributed by atoms with Crippen molar-refractivity contribution in [3.8, 4) is 0 Å². The lowest BCUT2D eigenvalue weighted by Gasteiger charge is -2.26. The molecule has 35 heavy (non-hydrogen) atoms. The second-order valence-corrected chi connectivity index (χ2v) is 9.21. The first-order valence-electron chi connectivity index (χ1n) is 13.4. The van der Waals surface area contributed by atoms with Crippen molar-refractivity contribution in [2.75, 3.05) is 13.7 Å². The van der Waals surface area contributed by atoms with Gasteiger partial charge in [-0.1, -0.05) is 94.0 Å². The first-order chi connectivity index (χ1) is 17.1. The monoisotopic (exact) mass is 484 g/mol. The lowest BCUT2D eigenvalue weighted by atomic mass is 9.99. The fourth-order valence-corrected chi connectivity index (χ4v) is 4.22. The average molecular weight is 485 g/mol. The van der Waals surface area contributed by atoms with Gasteiger partial charge in [0, 0.05) is 25.0 Å². The van der Waals surface area contributed by atoms with Crippen LogP contribution < -0.4 is 0 Å². The maximum absolute atomic E-state index is 12.7. The number of unbranched alkanes of at least 4 members (excludes halogenated alkanes) is 5. The number of hydrogen-bond acceptors (Lipinski definition) is 5. The summed E-state index contributed by atoms with van der Waals surface area (Å²) in [6.07, 6.45) is 20.8. The van der Waals surface area contributed by atoms with Gasteiger partial charge in [0.2, 0.25) is 0 Å². The van der Waals surface area contributed by atoms with Crippen LogP contribution in [0.25, 0.3) is 6.08 Å². The van der Waals surface area contributed by atoms with Crippen LogP contribution in [0.15, 0.2) is 42.5 Å². The molecular formula is C30H44O5. The van der Waals surface area contributed by atoms with Crippen LogP contribution in [0, 0.1) is 0 Å². The van der Waals surface area contributed by atoms with E-state index in [9.17, 15) is 9.59 Å². The molecule has 1 aromatic rings. The molecule has 2 atom stereocenters. The first-order valence-corrected chi connectivity index (χ1v) is 13.4. The largest absolute Gasteiger partial charge is 0.469 e. The van der Waals surface area contributed by atoms with Gasteiger partial charge in [-0.2, -0.15) is 0 Å².